The number of aryl methyl sites for hydroxylation is 1. The van der Waals surface area contributed by atoms with Crippen LogP contribution in [0.15, 0.2) is 47.1 Å². The van der Waals surface area contributed by atoms with E-state index in [9.17, 15) is 19.5 Å². The van der Waals surface area contributed by atoms with Gasteiger partial charge in [0.1, 0.15) is 5.76 Å². The number of para-hydroxylation sites is 1. The van der Waals surface area contributed by atoms with Crippen LogP contribution >= 0.6 is 11.8 Å². The zero-order chi connectivity index (χ0) is 22.4. The maximum Gasteiger partial charge on any atom is 0.294 e. The lowest BCUT2D eigenvalue weighted by molar-refractivity contribution is -0.119. The van der Waals surface area contributed by atoms with Crippen LogP contribution in [0.5, 0.6) is 5.75 Å². The van der Waals surface area contributed by atoms with Gasteiger partial charge in [0.05, 0.1) is 22.9 Å². The summed E-state index contributed by atoms with van der Waals surface area (Å²) in [6.07, 6.45) is 1.29. The molecule has 1 atom stereocenters. The molecule has 0 saturated carbocycles. The third-order valence-electron chi connectivity index (χ3n) is 3.96. The quantitative estimate of drug-likeness (QED) is 0.399. The molecule has 0 radical (unpaired) electrons. The minimum atomic E-state index is -0.780. The highest BCUT2D eigenvalue weighted by atomic mass is 32.2. The Balaban J connectivity index is 1.45. The van der Waals surface area contributed by atoms with Crippen molar-refractivity contribution in [1.82, 2.24) is 25.8 Å². The van der Waals surface area contributed by atoms with Crippen LogP contribution < -0.4 is 16.2 Å². The van der Waals surface area contributed by atoms with E-state index in [0.29, 0.717) is 17.3 Å². The summed E-state index contributed by atoms with van der Waals surface area (Å²) in [5, 5.41) is 19.7. The average Bonchev–Trinajstić information content (AvgIpc) is 3.35. The van der Waals surface area contributed by atoms with Crippen LogP contribution in [0.4, 0.5) is 5.82 Å². The first-order valence-corrected chi connectivity index (χ1v) is 10.2. The van der Waals surface area contributed by atoms with Gasteiger partial charge in [-0.05, 0) is 26.0 Å². The van der Waals surface area contributed by atoms with Crippen molar-refractivity contribution in [3.63, 3.8) is 0 Å². The summed E-state index contributed by atoms with van der Waals surface area (Å²) in [5.41, 5.74) is 4.83. The second-order valence-electron chi connectivity index (χ2n) is 6.41. The van der Waals surface area contributed by atoms with Crippen LogP contribution in [0.25, 0.3) is 5.69 Å². The van der Waals surface area contributed by atoms with Gasteiger partial charge in [-0.3, -0.25) is 25.2 Å². The van der Waals surface area contributed by atoms with Crippen molar-refractivity contribution in [2.24, 2.45) is 0 Å². The molecule has 1 aromatic carbocycles. The predicted molar refractivity (Wildman–Crippen MR) is 113 cm³/mol. The number of hydrogen-bond acceptors (Lipinski definition) is 8. The number of hydrazine groups is 1. The topological polar surface area (TPSA) is 151 Å². The highest BCUT2D eigenvalue weighted by molar-refractivity contribution is 8.01. The molecule has 3 aromatic rings. The fourth-order valence-electron chi connectivity index (χ4n) is 2.39. The minimum Gasteiger partial charge on any atom is -0.504 e. The van der Waals surface area contributed by atoms with Crippen LogP contribution in [0, 0.1) is 6.92 Å². The van der Waals surface area contributed by atoms with Gasteiger partial charge in [-0.1, -0.05) is 23.4 Å². The van der Waals surface area contributed by atoms with Crippen molar-refractivity contribution in [2.75, 3.05) is 11.1 Å². The first kappa shape index (κ1) is 21.9. The fraction of sp³-hybridized carbons (Fsp3) is 0.211. The van der Waals surface area contributed by atoms with Gasteiger partial charge in [-0.25, -0.2) is 4.68 Å². The van der Waals surface area contributed by atoms with Crippen LogP contribution in [0.1, 0.15) is 23.2 Å². The monoisotopic (exact) mass is 444 g/mol. The lowest BCUT2D eigenvalue weighted by Crippen LogP contribution is -2.43. The number of amides is 3. The van der Waals surface area contributed by atoms with E-state index in [2.05, 4.69) is 26.4 Å². The summed E-state index contributed by atoms with van der Waals surface area (Å²) in [7, 11) is 0. The first-order chi connectivity index (χ1) is 14.8. The molecule has 31 heavy (non-hydrogen) atoms. The van der Waals surface area contributed by atoms with Gasteiger partial charge < -0.3 is 14.9 Å². The Kier molecular flexibility index (Phi) is 6.92. The number of benzene rings is 1. The van der Waals surface area contributed by atoms with Gasteiger partial charge in [0.15, 0.2) is 17.3 Å². The number of nitrogens with zero attached hydrogens (tertiary/aromatic N) is 3. The van der Waals surface area contributed by atoms with Gasteiger partial charge >= 0.3 is 0 Å². The summed E-state index contributed by atoms with van der Waals surface area (Å²) in [5.74, 6) is -1.22. The minimum absolute atomic E-state index is 0.0862. The molecule has 0 saturated heterocycles. The zero-order valence-corrected chi connectivity index (χ0v) is 17.5. The van der Waals surface area contributed by atoms with E-state index in [0.717, 1.165) is 11.8 Å². The van der Waals surface area contributed by atoms with Crippen molar-refractivity contribution in [3.05, 3.63) is 54.0 Å². The van der Waals surface area contributed by atoms with E-state index in [1.165, 1.54) is 10.9 Å². The standard InChI is InChI=1S/C19H20N6O5S/c1-11-8-15(24-30-11)20-18(28)12(2)31-10-16(27)21-22-19(29)17-14(26)9-25(23-17)13-6-4-3-5-7-13/h3-9,12,26H,10H2,1-2H3,(H,21,27)(H,22,29)(H,20,24,28). The summed E-state index contributed by atoms with van der Waals surface area (Å²) in [4.78, 5) is 36.3. The number of carbonyl (C=O) groups excluding carboxylic acids is 3. The Morgan fingerprint density at radius 3 is 2.65 bits per heavy atom. The van der Waals surface area contributed by atoms with E-state index >= 15 is 0 Å². The van der Waals surface area contributed by atoms with Crippen LogP contribution in [0.2, 0.25) is 0 Å². The van der Waals surface area contributed by atoms with E-state index in [4.69, 9.17) is 4.52 Å². The fourth-order valence-corrected chi connectivity index (χ4v) is 3.07. The van der Waals surface area contributed by atoms with Gasteiger partial charge in [-0.2, -0.15) is 5.10 Å². The van der Waals surface area contributed by atoms with Gasteiger partial charge in [0, 0.05) is 6.07 Å². The van der Waals surface area contributed by atoms with Crippen LogP contribution in [0.3, 0.4) is 0 Å². The molecule has 0 aliphatic carbocycles. The SMILES string of the molecule is Cc1cc(NC(=O)C(C)SCC(=O)NNC(=O)c2nn(-c3ccccc3)cc2O)no1. The summed E-state index contributed by atoms with van der Waals surface area (Å²) >= 11 is 1.07. The Hall–Kier alpha value is -3.80. The molecule has 0 aliphatic heterocycles. The maximum absolute atomic E-state index is 12.2. The number of nitrogens with one attached hydrogen (secondary N) is 3. The van der Waals surface area contributed by atoms with E-state index in [1.54, 1.807) is 44.2 Å². The number of carbonyl (C=O) groups is 3. The number of aromatic nitrogens is 3. The molecule has 2 aromatic heterocycles. The Labute approximate surface area is 181 Å². The smallest absolute Gasteiger partial charge is 0.294 e. The first-order valence-electron chi connectivity index (χ1n) is 9.12. The molecule has 0 spiro atoms. The molecular formula is C19H20N6O5S. The van der Waals surface area contributed by atoms with Crippen molar-refractivity contribution in [1.29, 1.82) is 0 Å². The van der Waals surface area contributed by atoms with Crippen molar-refractivity contribution in [3.8, 4) is 11.4 Å². The number of rotatable bonds is 7. The summed E-state index contributed by atoms with van der Waals surface area (Å²) in [6, 6.07) is 10.5. The van der Waals surface area contributed by atoms with Crippen LogP contribution in [-0.2, 0) is 9.59 Å². The highest BCUT2D eigenvalue weighted by Gasteiger charge is 2.19. The van der Waals surface area contributed by atoms with Gasteiger partial charge in [0.25, 0.3) is 5.91 Å². The van der Waals surface area contributed by atoms with Crippen LogP contribution in [-0.4, -0.2) is 48.8 Å². The molecular weight excluding hydrogens is 424 g/mol. The summed E-state index contributed by atoms with van der Waals surface area (Å²) in [6.45, 7) is 3.33. The maximum atomic E-state index is 12.2. The normalized spacial score (nSPS) is 11.5. The van der Waals surface area contributed by atoms with Crippen molar-refractivity contribution >= 4 is 35.3 Å². The number of hydrogen-bond donors (Lipinski definition) is 4. The molecule has 3 amide bonds. The van der Waals surface area contributed by atoms with E-state index in [1.807, 2.05) is 6.07 Å². The number of aromatic hydroxyl groups is 1. The lowest BCUT2D eigenvalue weighted by atomic mass is 10.3. The number of thioether (sulfide) groups is 1. The second-order valence-corrected chi connectivity index (χ2v) is 7.74. The second kappa shape index (κ2) is 9.80. The summed E-state index contributed by atoms with van der Waals surface area (Å²) < 4.78 is 6.21. The molecule has 3 rings (SSSR count). The zero-order valence-electron chi connectivity index (χ0n) is 16.7. The third-order valence-corrected chi connectivity index (χ3v) is 5.10. The molecule has 162 valence electrons. The molecule has 4 N–H and O–H groups in total. The van der Waals surface area contributed by atoms with Crippen molar-refractivity contribution < 1.29 is 24.0 Å². The third kappa shape index (κ3) is 5.85. The molecule has 0 aliphatic rings. The Morgan fingerprint density at radius 2 is 1.97 bits per heavy atom. The molecule has 2 heterocycles. The lowest BCUT2D eigenvalue weighted by Gasteiger charge is -2.10. The Bertz CT molecular complexity index is 1080. The van der Waals surface area contributed by atoms with Gasteiger partial charge in [-0.15, -0.1) is 11.8 Å². The highest BCUT2D eigenvalue weighted by Crippen LogP contribution is 2.18. The Morgan fingerprint density at radius 1 is 1.23 bits per heavy atom. The van der Waals surface area contributed by atoms with E-state index in [-0.39, 0.29) is 23.1 Å². The molecule has 0 bridgehead atoms. The largest absolute Gasteiger partial charge is 0.504 e. The average molecular weight is 444 g/mol. The van der Waals surface area contributed by atoms with Crippen molar-refractivity contribution in [2.45, 2.75) is 19.1 Å². The molecule has 0 fully saturated rings. The predicted octanol–water partition coefficient (Wildman–Crippen LogP) is 1.40. The van der Waals surface area contributed by atoms with Gasteiger partial charge in [0.2, 0.25) is 11.8 Å². The molecule has 11 nitrogen and oxygen atoms in total. The van der Waals surface area contributed by atoms with E-state index < -0.39 is 17.1 Å². The molecule has 12 heteroatoms. The molecule has 1 unspecified atom stereocenters. The number of anilines is 1.